The van der Waals surface area contributed by atoms with E-state index in [0.717, 1.165) is 22.3 Å². The molecule has 1 unspecified atom stereocenters. The Bertz CT molecular complexity index is 894. The normalized spacial score (nSPS) is 19.2. The van der Waals surface area contributed by atoms with Crippen LogP contribution in [0.25, 0.3) is 0 Å². The highest BCUT2D eigenvalue weighted by Crippen LogP contribution is 2.49. The lowest BCUT2D eigenvalue weighted by Crippen LogP contribution is -2.28. The molecule has 0 saturated carbocycles. The lowest BCUT2D eigenvalue weighted by atomic mass is 9.80. The van der Waals surface area contributed by atoms with E-state index in [1.807, 2.05) is 54.6 Å². The number of pyridine rings is 1. The van der Waals surface area contributed by atoms with Crippen LogP contribution in [0, 0.1) is 6.92 Å². The largest absolute Gasteiger partial charge is 0.506 e. The standard InChI is InChI=1S/C20H16ClNO2/c1-13-19(23)17-12-24-20(18(17)11-22-13,14-5-3-2-4-6-14)15-7-9-16(21)10-8-15/h2-11,23H,12H2,1H3. The van der Waals surface area contributed by atoms with Crippen LogP contribution in [0.15, 0.2) is 60.8 Å². The van der Waals surface area contributed by atoms with Crippen LogP contribution in [0.2, 0.25) is 5.02 Å². The van der Waals surface area contributed by atoms with Gasteiger partial charge in [0.25, 0.3) is 0 Å². The first-order valence-electron chi connectivity index (χ1n) is 7.76. The van der Waals surface area contributed by atoms with Crippen LogP contribution < -0.4 is 0 Å². The highest BCUT2D eigenvalue weighted by atomic mass is 35.5. The molecule has 1 atom stereocenters. The van der Waals surface area contributed by atoms with Crippen molar-refractivity contribution in [3.05, 3.63) is 93.8 Å². The molecule has 0 fully saturated rings. The van der Waals surface area contributed by atoms with Gasteiger partial charge in [0.2, 0.25) is 0 Å². The zero-order chi connectivity index (χ0) is 16.7. The van der Waals surface area contributed by atoms with E-state index < -0.39 is 5.60 Å². The van der Waals surface area contributed by atoms with Crippen molar-refractivity contribution in [1.29, 1.82) is 0 Å². The number of halogens is 1. The summed E-state index contributed by atoms with van der Waals surface area (Å²) < 4.78 is 6.32. The molecular weight excluding hydrogens is 322 g/mol. The maximum absolute atomic E-state index is 10.4. The summed E-state index contributed by atoms with van der Waals surface area (Å²) >= 11 is 6.06. The molecule has 0 amide bonds. The Kier molecular flexibility index (Phi) is 3.56. The molecule has 4 rings (SSSR count). The molecular formula is C20H16ClNO2. The van der Waals surface area contributed by atoms with Crippen molar-refractivity contribution >= 4 is 11.6 Å². The fourth-order valence-corrected chi connectivity index (χ4v) is 3.48. The van der Waals surface area contributed by atoms with Crippen LogP contribution in [-0.2, 0) is 16.9 Å². The second kappa shape index (κ2) is 5.62. The SMILES string of the molecule is Cc1ncc2c(c1O)COC2(c1ccccc1)c1ccc(Cl)cc1. The van der Waals surface area contributed by atoms with E-state index in [1.54, 1.807) is 13.1 Å². The Morgan fingerprint density at radius 2 is 1.71 bits per heavy atom. The Hall–Kier alpha value is -2.36. The molecule has 1 N–H and O–H groups in total. The fraction of sp³-hybridized carbons (Fsp3) is 0.150. The molecule has 1 aromatic heterocycles. The summed E-state index contributed by atoms with van der Waals surface area (Å²) in [5.74, 6) is 0.208. The van der Waals surface area contributed by atoms with Crippen molar-refractivity contribution in [3.63, 3.8) is 0 Å². The van der Waals surface area contributed by atoms with Gasteiger partial charge in [-0.25, -0.2) is 0 Å². The van der Waals surface area contributed by atoms with Gasteiger partial charge in [-0.3, -0.25) is 4.98 Å². The van der Waals surface area contributed by atoms with Gasteiger partial charge in [-0.05, 0) is 30.2 Å². The highest BCUT2D eigenvalue weighted by Gasteiger charge is 2.45. The topological polar surface area (TPSA) is 42.4 Å². The quantitative estimate of drug-likeness (QED) is 0.744. The average Bonchev–Trinajstić information content (AvgIpc) is 3.01. The lowest BCUT2D eigenvalue weighted by Gasteiger charge is -2.31. The molecule has 0 radical (unpaired) electrons. The zero-order valence-electron chi connectivity index (χ0n) is 13.2. The number of aromatic hydroxyl groups is 1. The van der Waals surface area contributed by atoms with Gasteiger partial charge in [0, 0.05) is 22.3 Å². The number of fused-ring (bicyclic) bond motifs is 1. The van der Waals surface area contributed by atoms with Crippen molar-refractivity contribution < 1.29 is 9.84 Å². The van der Waals surface area contributed by atoms with E-state index in [1.165, 1.54) is 0 Å². The molecule has 1 aliphatic rings. The predicted molar refractivity (Wildman–Crippen MR) is 93.2 cm³/mol. The van der Waals surface area contributed by atoms with E-state index in [-0.39, 0.29) is 5.75 Å². The smallest absolute Gasteiger partial charge is 0.146 e. The van der Waals surface area contributed by atoms with Crippen molar-refractivity contribution in [2.24, 2.45) is 0 Å². The summed E-state index contributed by atoms with van der Waals surface area (Å²) in [4.78, 5) is 4.36. The number of hydrogen-bond acceptors (Lipinski definition) is 3. The van der Waals surface area contributed by atoms with E-state index in [4.69, 9.17) is 16.3 Å². The molecule has 4 heteroatoms. The summed E-state index contributed by atoms with van der Waals surface area (Å²) in [6.07, 6.45) is 1.80. The summed E-state index contributed by atoms with van der Waals surface area (Å²) in [5, 5.41) is 11.1. The molecule has 3 aromatic rings. The van der Waals surface area contributed by atoms with Crippen molar-refractivity contribution in [1.82, 2.24) is 4.98 Å². The Morgan fingerprint density at radius 3 is 2.42 bits per heavy atom. The first-order chi connectivity index (χ1) is 11.6. The molecule has 24 heavy (non-hydrogen) atoms. The van der Waals surface area contributed by atoms with Gasteiger partial charge in [-0.1, -0.05) is 54.1 Å². The van der Waals surface area contributed by atoms with Gasteiger partial charge in [0.05, 0.1) is 12.3 Å². The third-order valence-electron chi connectivity index (χ3n) is 4.58. The van der Waals surface area contributed by atoms with Crippen molar-refractivity contribution in [2.45, 2.75) is 19.1 Å². The van der Waals surface area contributed by atoms with Gasteiger partial charge in [-0.2, -0.15) is 0 Å². The maximum atomic E-state index is 10.4. The molecule has 2 aromatic carbocycles. The van der Waals surface area contributed by atoms with Gasteiger partial charge < -0.3 is 9.84 Å². The van der Waals surface area contributed by atoms with E-state index in [2.05, 4.69) is 4.98 Å². The average molecular weight is 338 g/mol. The van der Waals surface area contributed by atoms with Gasteiger partial charge in [0.1, 0.15) is 11.4 Å². The first kappa shape index (κ1) is 15.2. The minimum atomic E-state index is -0.792. The lowest BCUT2D eigenvalue weighted by molar-refractivity contribution is 0.0263. The molecule has 2 heterocycles. The minimum Gasteiger partial charge on any atom is -0.506 e. The summed E-state index contributed by atoms with van der Waals surface area (Å²) in [5.41, 5.74) is 3.44. The fourth-order valence-electron chi connectivity index (χ4n) is 3.36. The summed E-state index contributed by atoms with van der Waals surface area (Å²) in [7, 11) is 0. The van der Waals surface area contributed by atoms with Crippen LogP contribution in [0.5, 0.6) is 5.75 Å². The van der Waals surface area contributed by atoms with E-state index in [9.17, 15) is 5.11 Å². The van der Waals surface area contributed by atoms with E-state index in [0.29, 0.717) is 17.3 Å². The van der Waals surface area contributed by atoms with Gasteiger partial charge in [0.15, 0.2) is 0 Å². The Balaban J connectivity index is 2.02. The highest BCUT2D eigenvalue weighted by molar-refractivity contribution is 6.30. The third kappa shape index (κ3) is 2.13. The minimum absolute atomic E-state index is 0.208. The van der Waals surface area contributed by atoms with E-state index >= 15 is 0 Å². The second-order valence-electron chi connectivity index (χ2n) is 5.93. The molecule has 120 valence electrons. The molecule has 3 nitrogen and oxygen atoms in total. The monoisotopic (exact) mass is 337 g/mol. The number of benzene rings is 2. The third-order valence-corrected chi connectivity index (χ3v) is 4.84. The molecule has 0 saturated heterocycles. The van der Waals surface area contributed by atoms with Crippen LogP contribution in [0.4, 0.5) is 0 Å². The van der Waals surface area contributed by atoms with Crippen molar-refractivity contribution in [2.75, 3.05) is 0 Å². The predicted octanol–water partition coefficient (Wildman–Crippen LogP) is 4.57. The molecule has 0 aliphatic carbocycles. The number of hydrogen-bond donors (Lipinski definition) is 1. The van der Waals surface area contributed by atoms with Crippen LogP contribution in [-0.4, -0.2) is 10.1 Å². The maximum Gasteiger partial charge on any atom is 0.146 e. The van der Waals surface area contributed by atoms with Gasteiger partial charge in [-0.15, -0.1) is 0 Å². The second-order valence-corrected chi connectivity index (χ2v) is 6.36. The summed E-state index contributed by atoms with van der Waals surface area (Å²) in [6, 6.07) is 17.6. The van der Waals surface area contributed by atoms with Crippen LogP contribution in [0.1, 0.15) is 27.9 Å². The molecule has 1 aliphatic heterocycles. The number of nitrogens with zero attached hydrogens (tertiary/aromatic N) is 1. The number of rotatable bonds is 2. The first-order valence-corrected chi connectivity index (χ1v) is 8.14. The zero-order valence-corrected chi connectivity index (χ0v) is 13.9. The van der Waals surface area contributed by atoms with Crippen molar-refractivity contribution in [3.8, 4) is 5.75 Å². The molecule has 0 spiro atoms. The number of ether oxygens (including phenoxy) is 1. The van der Waals surface area contributed by atoms with Crippen LogP contribution in [0.3, 0.4) is 0 Å². The summed E-state index contributed by atoms with van der Waals surface area (Å²) in [6.45, 7) is 2.13. The Labute approximate surface area is 145 Å². The van der Waals surface area contributed by atoms with Crippen LogP contribution >= 0.6 is 11.6 Å². The number of aromatic nitrogens is 1. The Morgan fingerprint density at radius 1 is 1.04 bits per heavy atom. The molecule has 0 bridgehead atoms. The van der Waals surface area contributed by atoms with Gasteiger partial charge >= 0.3 is 0 Å². The number of aryl methyl sites for hydroxylation is 1.